The molecule has 0 amide bonds. The van der Waals surface area contributed by atoms with E-state index in [1.165, 1.54) is 5.69 Å². The number of benzene rings is 1. The standard InChI is InChI=1S/C15H22N2O2/c1-11-6-7-16-15(2,3)9-17(11)12-4-5-13-14(8-12)19-10-18-13/h4-5,8,11,16H,6-7,9-10H2,1-3H3. The number of hydrogen-bond acceptors (Lipinski definition) is 4. The van der Waals surface area contributed by atoms with Gasteiger partial charge in [-0.15, -0.1) is 0 Å². The van der Waals surface area contributed by atoms with Gasteiger partial charge in [-0.1, -0.05) is 0 Å². The fourth-order valence-corrected chi connectivity index (χ4v) is 2.82. The molecule has 4 nitrogen and oxygen atoms in total. The highest BCUT2D eigenvalue weighted by atomic mass is 16.7. The summed E-state index contributed by atoms with van der Waals surface area (Å²) in [5.41, 5.74) is 1.34. The minimum absolute atomic E-state index is 0.126. The minimum Gasteiger partial charge on any atom is -0.454 e. The van der Waals surface area contributed by atoms with Gasteiger partial charge in [0.25, 0.3) is 0 Å². The molecule has 1 atom stereocenters. The van der Waals surface area contributed by atoms with Gasteiger partial charge in [0.1, 0.15) is 0 Å². The number of anilines is 1. The summed E-state index contributed by atoms with van der Waals surface area (Å²) in [6.45, 7) is 9.19. The molecule has 2 aliphatic rings. The smallest absolute Gasteiger partial charge is 0.231 e. The van der Waals surface area contributed by atoms with Crippen LogP contribution in [-0.2, 0) is 0 Å². The molecule has 0 spiro atoms. The van der Waals surface area contributed by atoms with Crippen molar-refractivity contribution in [3.05, 3.63) is 18.2 Å². The lowest BCUT2D eigenvalue weighted by Crippen LogP contribution is -2.47. The molecule has 1 unspecified atom stereocenters. The first kappa shape index (κ1) is 12.6. The molecule has 0 saturated carbocycles. The molecular formula is C15H22N2O2. The Hall–Kier alpha value is -1.42. The van der Waals surface area contributed by atoms with E-state index >= 15 is 0 Å². The van der Waals surface area contributed by atoms with Crippen LogP contribution in [0.3, 0.4) is 0 Å². The number of nitrogens with zero attached hydrogens (tertiary/aromatic N) is 1. The number of hydrogen-bond donors (Lipinski definition) is 1. The summed E-state index contributed by atoms with van der Waals surface area (Å²) >= 11 is 0. The largest absolute Gasteiger partial charge is 0.454 e. The first-order chi connectivity index (χ1) is 9.05. The highest BCUT2D eigenvalue weighted by Gasteiger charge is 2.29. The average molecular weight is 262 g/mol. The minimum atomic E-state index is 0.126. The molecule has 3 rings (SSSR count). The van der Waals surface area contributed by atoms with E-state index in [4.69, 9.17) is 9.47 Å². The van der Waals surface area contributed by atoms with Crippen LogP contribution in [0.4, 0.5) is 5.69 Å². The zero-order valence-corrected chi connectivity index (χ0v) is 11.9. The molecule has 1 aromatic rings. The molecule has 1 aromatic carbocycles. The molecule has 1 fully saturated rings. The Bertz CT molecular complexity index is 473. The second-order valence-corrected chi connectivity index (χ2v) is 6.11. The summed E-state index contributed by atoms with van der Waals surface area (Å²) in [5.74, 6) is 1.71. The topological polar surface area (TPSA) is 33.7 Å². The Morgan fingerprint density at radius 3 is 2.89 bits per heavy atom. The van der Waals surface area contributed by atoms with Crippen LogP contribution in [0.2, 0.25) is 0 Å². The number of ether oxygens (including phenoxy) is 2. The summed E-state index contributed by atoms with van der Waals surface area (Å²) in [5, 5.41) is 3.61. The maximum absolute atomic E-state index is 5.48. The lowest BCUT2D eigenvalue weighted by atomic mass is 10.0. The van der Waals surface area contributed by atoms with Crippen molar-refractivity contribution >= 4 is 5.69 Å². The van der Waals surface area contributed by atoms with Gasteiger partial charge in [-0.25, -0.2) is 0 Å². The number of fused-ring (bicyclic) bond motifs is 1. The molecule has 2 heterocycles. The second kappa shape index (κ2) is 4.60. The third-order valence-electron chi connectivity index (χ3n) is 3.95. The van der Waals surface area contributed by atoms with Gasteiger partial charge in [-0.3, -0.25) is 0 Å². The highest BCUT2D eigenvalue weighted by molar-refractivity contribution is 5.58. The second-order valence-electron chi connectivity index (χ2n) is 6.11. The monoisotopic (exact) mass is 262 g/mol. The van der Waals surface area contributed by atoms with Crippen LogP contribution < -0.4 is 19.7 Å². The van der Waals surface area contributed by atoms with Crippen molar-refractivity contribution in [1.82, 2.24) is 5.32 Å². The predicted octanol–water partition coefficient (Wildman–Crippen LogP) is 2.38. The average Bonchev–Trinajstić information content (AvgIpc) is 2.77. The van der Waals surface area contributed by atoms with Gasteiger partial charge in [0.05, 0.1) is 0 Å². The third-order valence-corrected chi connectivity index (χ3v) is 3.95. The molecule has 104 valence electrons. The van der Waals surface area contributed by atoms with Gasteiger partial charge in [-0.05, 0) is 45.9 Å². The SMILES string of the molecule is CC1CCNC(C)(C)CN1c1ccc2c(c1)OCO2. The van der Waals surface area contributed by atoms with Crippen LogP contribution >= 0.6 is 0 Å². The van der Waals surface area contributed by atoms with Crippen molar-refractivity contribution in [3.63, 3.8) is 0 Å². The lowest BCUT2D eigenvalue weighted by molar-refractivity contribution is 0.174. The van der Waals surface area contributed by atoms with Crippen molar-refractivity contribution in [2.24, 2.45) is 0 Å². The Balaban J connectivity index is 1.90. The highest BCUT2D eigenvalue weighted by Crippen LogP contribution is 2.36. The van der Waals surface area contributed by atoms with Crippen molar-refractivity contribution in [2.45, 2.75) is 38.8 Å². The quantitative estimate of drug-likeness (QED) is 0.842. The number of rotatable bonds is 1. The van der Waals surface area contributed by atoms with E-state index in [1.54, 1.807) is 0 Å². The Kier molecular flexibility index (Phi) is 3.05. The van der Waals surface area contributed by atoms with Gasteiger partial charge in [0, 0.05) is 29.9 Å². The van der Waals surface area contributed by atoms with Crippen molar-refractivity contribution in [2.75, 3.05) is 24.8 Å². The van der Waals surface area contributed by atoms with Gasteiger partial charge in [-0.2, -0.15) is 0 Å². The molecule has 0 aromatic heterocycles. The molecule has 2 aliphatic heterocycles. The van der Waals surface area contributed by atoms with Crippen molar-refractivity contribution in [1.29, 1.82) is 0 Å². The van der Waals surface area contributed by atoms with E-state index in [-0.39, 0.29) is 5.54 Å². The van der Waals surface area contributed by atoms with Crippen LogP contribution in [0.5, 0.6) is 11.5 Å². The van der Waals surface area contributed by atoms with E-state index in [9.17, 15) is 0 Å². The van der Waals surface area contributed by atoms with Gasteiger partial charge in [0.15, 0.2) is 11.5 Å². The van der Waals surface area contributed by atoms with Crippen molar-refractivity contribution in [3.8, 4) is 11.5 Å². The molecule has 19 heavy (non-hydrogen) atoms. The zero-order chi connectivity index (χ0) is 13.5. The normalized spacial score (nSPS) is 25.2. The summed E-state index contributed by atoms with van der Waals surface area (Å²) in [7, 11) is 0. The van der Waals surface area contributed by atoms with Gasteiger partial charge < -0.3 is 19.7 Å². The van der Waals surface area contributed by atoms with Gasteiger partial charge in [0.2, 0.25) is 6.79 Å². The van der Waals surface area contributed by atoms with Crippen LogP contribution in [0.25, 0.3) is 0 Å². The summed E-state index contributed by atoms with van der Waals surface area (Å²) in [4.78, 5) is 2.46. The fourth-order valence-electron chi connectivity index (χ4n) is 2.82. The Morgan fingerprint density at radius 2 is 2.05 bits per heavy atom. The zero-order valence-electron chi connectivity index (χ0n) is 11.9. The van der Waals surface area contributed by atoms with Crippen LogP contribution in [0.15, 0.2) is 18.2 Å². The van der Waals surface area contributed by atoms with Crippen molar-refractivity contribution < 1.29 is 9.47 Å². The molecule has 1 N–H and O–H groups in total. The summed E-state index contributed by atoms with van der Waals surface area (Å²) < 4.78 is 10.9. The maximum atomic E-state index is 5.48. The van der Waals surface area contributed by atoms with Crippen LogP contribution in [0, 0.1) is 0 Å². The molecule has 0 bridgehead atoms. The van der Waals surface area contributed by atoms with E-state index in [2.05, 4.69) is 43.1 Å². The molecule has 1 saturated heterocycles. The first-order valence-corrected chi connectivity index (χ1v) is 6.96. The van der Waals surface area contributed by atoms with E-state index < -0.39 is 0 Å². The summed E-state index contributed by atoms with van der Waals surface area (Å²) in [6.07, 6.45) is 1.15. The Morgan fingerprint density at radius 1 is 1.26 bits per heavy atom. The maximum Gasteiger partial charge on any atom is 0.231 e. The van der Waals surface area contributed by atoms with Crippen LogP contribution in [-0.4, -0.2) is 31.5 Å². The molecular weight excluding hydrogens is 240 g/mol. The fraction of sp³-hybridized carbons (Fsp3) is 0.600. The molecule has 0 aliphatic carbocycles. The molecule has 0 radical (unpaired) electrons. The summed E-state index contributed by atoms with van der Waals surface area (Å²) in [6, 6.07) is 6.76. The van der Waals surface area contributed by atoms with E-state index in [0.717, 1.165) is 31.0 Å². The van der Waals surface area contributed by atoms with E-state index in [1.807, 2.05) is 6.07 Å². The molecule has 4 heteroatoms. The lowest BCUT2D eigenvalue weighted by Gasteiger charge is -2.34. The third kappa shape index (κ3) is 2.50. The first-order valence-electron chi connectivity index (χ1n) is 6.96. The van der Waals surface area contributed by atoms with Gasteiger partial charge >= 0.3 is 0 Å². The Labute approximate surface area is 114 Å². The van der Waals surface area contributed by atoms with E-state index in [0.29, 0.717) is 12.8 Å². The predicted molar refractivity (Wildman–Crippen MR) is 76.1 cm³/mol. The van der Waals surface area contributed by atoms with Crippen LogP contribution in [0.1, 0.15) is 27.2 Å². The number of nitrogens with one attached hydrogen (secondary N) is 1.